The van der Waals surface area contributed by atoms with E-state index in [9.17, 15) is 8.42 Å². The summed E-state index contributed by atoms with van der Waals surface area (Å²) in [6.07, 6.45) is 7.72. The first-order valence-electron chi connectivity index (χ1n) is 10.4. The van der Waals surface area contributed by atoms with Gasteiger partial charge in [0.2, 0.25) is 10.0 Å². The van der Waals surface area contributed by atoms with E-state index in [4.69, 9.17) is 4.42 Å². The van der Waals surface area contributed by atoms with E-state index in [1.807, 2.05) is 24.3 Å². The predicted molar refractivity (Wildman–Crippen MR) is 110 cm³/mol. The Morgan fingerprint density at radius 3 is 2.25 bits per heavy atom. The Labute approximate surface area is 165 Å². The molecule has 28 heavy (non-hydrogen) atoms. The molecule has 1 heterocycles. The van der Waals surface area contributed by atoms with Gasteiger partial charge in [-0.3, -0.25) is 0 Å². The molecule has 3 aromatic rings. The van der Waals surface area contributed by atoms with Crippen LogP contribution in [-0.4, -0.2) is 15.0 Å². The molecule has 4 fully saturated rings. The van der Waals surface area contributed by atoms with Gasteiger partial charge in [0.1, 0.15) is 11.2 Å². The van der Waals surface area contributed by atoms with Crippen LogP contribution in [-0.2, 0) is 10.0 Å². The third-order valence-corrected chi connectivity index (χ3v) is 8.86. The van der Waals surface area contributed by atoms with Gasteiger partial charge in [0.05, 0.1) is 4.90 Å². The molecule has 0 amide bonds. The molecule has 0 saturated heterocycles. The van der Waals surface area contributed by atoms with E-state index in [0.29, 0.717) is 11.4 Å². The number of hydrogen-bond donors (Lipinski definition) is 1. The van der Waals surface area contributed by atoms with Crippen LogP contribution in [0.3, 0.4) is 0 Å². The highest BCUT2D eigenvalue weighted by molar-refractivity contribution is 7.89. The Kier molecular flexibility index (Phi) is 3.55. The Hall–Kier alpha value is -1.85. The van der Waals surface area contributed by atoms with Gasteiger partial charge >= 0.3 is 0 Å². The van der Waals surface area contributed by atoms with Gasteiger partial charge in [0.15, 0.2) is 0 Å². The van der Waals surface area contributed by atoms with Gasteiger partial charge in [-0.05, 0) is 86.0 Å². The first kappa shape index (κ1) is 17.0. The molecule has 4 nitrogen and oxygen atoms in total. The van der Waals surface area contributed by atoms with Crippen LogP contribution in [0, 0.1) is 23.2 Å². The maximum atomic E-state index is 13.1. The van der Waals surface area contributed by atoms with Crippen molar-refractivity contribution in [3.8, 4) is 0 Å². The number of benzene rings is 2. The summed E-state index contributed by atoms with van der Waals surface area (Å²) >= 11 is 0. The number of fused-ring (bicyclic) bond motifs is 3. The Morgan fingerprint density at radius 2 is 1.54 bits per heavy atom. The van der Waals surface area contributed by atoms with Crippen molar-refractivity contribution >= 4 is 32.0 Å². The summed E-state index contributed by atoms with van der Waals surface area (Å²) in [6, 6.07) is 12.9. The zero-order valence-electron chi connectivity index (χ0n) is 15.9. The summed E-state index contributed by atoms with van der Waals surface area (Å²) in [6.45, 7) is 0.586. The van der Waals surface area contributed by atoms with E-state index in [1.165, 1.54) is 38.5 Å². The third-order valence-electron chi connectivity index (χ3n) is 7.46. The van der Waals surface area contributed by atoms with Crippen molar-refractivity contribution < 1.29 is 12.8 Å². The average Bonchev–Trinajstić information content (AvgIpc) is 3.03. The molecule has 4 bridgehead atoms. The molecular formula is C23H25NO3S. The molecule has 5 heteroatoms. The lowest BCUT2D eigenvalue weighted by Gasteiger charge is -2.56. The van der Waals surface area contributed by atoms with Gasteiger partial charge in [-0.25, -0.2) is 13.1 Å². The van der Waals surface area contributed by atoms with Crippen molar-refractivity contribution in [2.24, 2.45) is 23.2 Å². The van der Waals surface area contributed by atoms with Crippen LogP contribution in [0.2, 0.25) is 0 Å². The van der Waals surface area contributed by atoms with Crippen LogP contribution in [0.4, 0.5) is 0 Å². The molecule has 4 saturated carbocycles. The molecule has 0 unspecified atom stereocenters. The molecule has 146 valence electrons. The van der Waals surface area contributed by atoms with Gasteiger partial charge in [-0.15, -0.1) is 0 Å². The number of para-hydroxylation sites is 1. The smallest absolute Gasteiger partial charge is 0.240 e. The largest absolute Gasteiger partial charge is 0.456 e. The minimum atomic E-state index is -3.53. The van der Waals surface area contributed by atoms with Gasteiger partial charge in [0, 0.05) is 17.3 Å². The number of furan rings is 1. The van der Waals surface area contributed by atoms with Crippen molar-refractivity contribution in [2.75, 3.05) is 6.54 Å². The monoisotopic (exact) mass is 395 g/mol. The van der Waals surface area contributed by atoms with Crippen molar-refractivity contribution in [3.63, 3.8) is 0 Å². The second kappa shape index (κ2) is 5.83. The minimum absolute atomic E-state index is 0.189. The second-order valence-corrected chi connectivity index (χ2v) is 11.3. The maximum absolute atomic E-state index is 13.1. The molecule has 4 aliphatic carbocycles. The van der Waals surface area contributed by atoms with Crippen molar-refractivity contribution in [1.29, 1.82) is 0 Å². The molecule has 0 spiro atoms. The summed E-state index contributed by atoms with van der Waals surface area (Å²) < 4.78 is 35.0. The highest BCUT2D eigenvalue weighted by atomic mass is 32.2. The van der Waals surface area contributed by atoms with E-state index >= 15 is 0 Å². The third kappa shape index (κ3) is 2.63. The van der Waals surface area contributed by atoms with Gasteiger partial charge < -0.3 is 4.42 Å². The fourth-order valence-electron chi connectivity index (χ4n) is 6.71. The van der Waals surface area contributed by atoms with Crippen molar-refractivity contribution in [2.45, 2.75) is 43.4 Å². The topological polar surface area (TPSA) is 59.3 Å². The van der Waals surface area contributed by atoms with E-state index in [1.54, 1.807) is 18.2 Å². The zero-order valence-corrected chi connectivity index (χ0v) is 16.7. The fourth-order valence-corrected chi connectivity index (χ4v) is 7.89. The van der Waals surface area contributed by atoms with E-state index in [-0.39, 0.29) is 5.41 Å². The lowest BCUT2D eigenvalue weighted by molar-refractivity contribution is -0.0487. The van der Waals surface area contributed by atoms with Crippen LogP contribution >= 0.6 is 0 Å². The summed E-state index contributed by atoms with van der Waals surface area (Å²) in [7, 11) is -3.53. The Morgan fingerprint density at radius 1 is 0.893 bits per heavy atom. The highest BCUT2D eigenvalue weighted by Crippen LogP contribution is 2.59. The van der Waals surface area contributed by atoms with Crippen molar-refractivity contribution in [3.05, 3.63) is 42.5 Å². The molecule has 4 aliphatic rings. The number of rotatable bonds is 4. The highest BCUT2D eigenvalue weighted by Gasteiger charge is 2.50. The van der Waals surface area contributed by atoms with Gasteiger partial charge in [-0.1, -0.05) is 18.2 Å². The maximum Gasteiger partial charge on any atom is 0.240 e. The normalized spacial score (nSPS) is 31.8. The first-order chi connectivity index (χ1) is 13.5. The Balaban J connectivity index is 1.30. The fraction of sp³-hybridized carbons (Fsp3) is 0.478. The van der Waals surface area contributed by atoms with Gasteiger partial charge in [-0.2, -0.15) is 0 Å². The molecule has 0 aliphatic heterocycles. The average molecular weight is 396 g/mol. The molecule has 0 atom stereocenters. The molecular weight excluding hydrogens is 370 g/mol. The minimum Gasteiger partial charge on any atom is -0.456 e. The number of hydrogen-bond acceptors (Lipinski definition) is 3. The van der Waals surface area contributed by atoms with E-state index < -0.39 is 10.0 Å². The van der Waals surface area contributed by atoms with Crippen LogP contribution in [0.25, 0.3) is 21.9 Å². The predicted octanol–water partition coefficient (Wildman–Crippen LogP) is 5.08. The lowest BCUT2D eigenvalue weighted by atomic mass is 9.50. The summed E-state index contributed by atoms with van der Waals surface area (Å²) in [5.74, 6) is 2.47. The van der Waals surface area contributed by atoms with Crippen LogP contribution in [0.1, 0.15) is 38.5 Å². The Bertz CT molecular complexity index is 1140. The summed E-state index contributed by atoms with van der Waals surface area (Å²) in [4.78, 5) is 0.330. The standard InChI is InChI=1S/C23H25NO3S/c25-28(26,24-14-23-11-15-7-16(12-23)9-17(8-15)13-23)18-5-6-22-20(10-18)19-3-1-2-4-21(19)27-22/h1-6,10,15-17,24H,7-9,11-14H2. The zero-order chi connectivity index (χ0) is 18.9. The molecule has 0 radical (unpaired) electrons. The molecule has 1 aromatic heterocycles. The number of sulfonamides is 1. The molecule has 2 aromatic carbocycles. The van der Waals surface area contributed by atoms with E-state index in [0.717, 1.165) is 39.7 Å². The molecule has 7 rings (SSSR count). The first-order valence-corrected chi connectivity index (χ1v) is 11.9. The summed E-state index contributed by atoms with van der Waals surface area (Å²) in [5, 5.41) is 1.81. The van der Waals surface area contributed by atoms with Crippen LogP contribution in [0.5, 0.6) is 0 Å². The van der Waals surface area contributed by atoms with Crippen molar-refractivity contribution in [1.82, 2.24) is 4.72 Å². The van der Waals surface area contributed by atoms with Gasteiger partial charge in [0.25, 0.3) is 0 Å². The second-order valence-electron chi connectivity index (χ2n) is 9.50. The number of nitrogens with one attached hydrogen (secondary N) is 1. The van der Waals surface area contributed by atoms with Crippen LogP contribution < -0.4 is 4.72 Å². The quantitative estimate of drug-likeness (QED) is 0.670. The summed E-state index contributed by atoms with van der Waals surface area (Å²) in [5.41, 5.74) is 1.70. The lowest BCUT2D eigenvalue weighted by Crippen LogP contribution is -2.51. The molecule has 1 N–H and O–H groups in total. The van der Waals surface area contributed by atoms with E-state index in [2.05, 4.69) is 4.72 Å². The van der Waals surface area contributed by atoms with Crippen LogP contribution in [0.15, 0.2) is 51.8 Å². The SMILES string of the molecule is O=S(=O)(NCC12CC3CC(CC(C3)C1)C2)c1ccc2oc3ccccc3c2c1.